The van der Waals surface area contributed by atoms with Gasteiger partial charge in [-0.15, -0.1) is 0 Å². The topological polar surface area (TPSA) is 142 Å². The Bertz CT molecular complexity index is 1280. The van der Waals surface area contributed by atoms with Crippen LogP contribution in [0.5, 0.6) is 0 Å². The summed E-state index contributed by atoms with van der Waals surface area (Å²) in [6, 6.07) is 5.74. The summed E-state index contributed by atoms with van der Waals surface area (Å²) in [7, 11) is -3.98. The molecule has 2 aromatic heterocycles. The third-order valence-corrected chi connectivity index (χ3v) is 6.13. The van der Waals surface area contributed by atoms with Crippen molar-refractivity contribution in [3.8, 4) is 0 Å². The highest BCUT2D eigenvalue weighted by atomic mass is 35.5. The maximum atomic E-state index is 13.6. The van der Waals surface area contributed by atoms with Crippen LogP contribution in [0.25, 0.3) is 0 Å². The van der Waals surface area contributed by atoms with E-state index in [1.54, 1.807) is 18.3 Å². The molecule has 3 N–H and O–H groups in total. The van der Waals surface area contributed by atoms with Crippen molar-refractivity contribution in [1.82, 2.24) is 19.7 Å². The number of halogens is 2. The summed E-state index contributed by atoms with van der Waals surface area (Å²) in [6.45, 7) is 0.256. The first kappa shape index (κ1) is 24.2. The van der Waals surface area contributed by atoms with Crippen molar-refractivity contribution in [2.75, 3.05) is 11.9 Å². The van der Waals surface area contributed by atoms with Crippen molar-refractivity contribution in [3.63, 3.8) is 0 Å². The molecule has 10 nitrogen and oxygen atoms in total. The van der Waals surface area contributed by atoms with Gasteiger partial charge in [0.05, 0.1) is 18.7 Å². The number of aromatic nitrogens is 4. The molecule has 4 rings (SSSR count). The fourth-order valence-electron chi connectivity index (χ4n) is 3.95. The minimum Gasteiger partial charge on any atom is -0.367 e. The second kappa shape index (κ2) is 10.1. The quantitative estimate of drug-likeness (QED) is 0.420. The summed E-state index contributed by atoms with van der Waals surface area (Å²) in [5, 5.41) is 12.7. The van der Waals surface area contributed by atoms with Gasteiger partial charge in [-0.25, -0.2) is 19.5 Å². The molecule has 1 aromatic carbocycles. The number of rotatable bonds is 9. The lowest BCUT2D eigenvalue weighted by Crippen LogP contribution is -2.22. The molecule has 0 bridgehead atoms. The maximum absolute atomic E-state index is 13.6. The molecular formula is C21H22ClFN6O4S. The van der Waals surface area contributed by atoms with Crippen LogP contribution in [0.15, 0.2) is 43.0 Å². The largest absolute Gasteiger partial charge is 0.367 e. The fourth-order valence-corrected chi connectivity index (χ4v) is 4.58. The molecule has 2 atom stereocenters. The fraction of sp³-hybridized carbons (Fsp3) is 0.333. The molecule has 0 saturated heterocycles. The van der Waals surface area contributed by atoms with Gasteiger partial charge >= 0.3 is 10.3 Å². The molecule has 13 heteroatoms. The van der Waals surface area contributed by atoms with Gasteiger partial charge in [-0.1, -0.05) is 11.6 Å². The molecule has 2 heterocycles. The van der Waals surface area contributed by atoms with Gasteiger partial charge < -0.3 is 5.32 Å². The van der Waals surface area contributed by atoms with Crippen LogP contribution in [0.4, 0.5) is 10.2 Å². The molecule has 180 valence electrons. The summed E-state index contributed by atoms with van der Waals surface area (Å²) in [5.74, 6) is -0.437. The van der Waals surface area contributed by atoms with E-state index in [9.17, 15) is 17.6 Å². The van der Waals surface area contributed by atoms with Crippen molar-refractivity contribution in [2.24, 2.45) is 11.1 Å². The molecule has 1 saturated carbocycles. The molecule has 3 aromatic rings. The third-order valence-electron chi connectivity index (χ3n) is 5.45. The Kier molecular flexibility index (Phi) is 7.22. The highest BCUT2D eigenvalue weighted by Crippen LogP contribution is 2.29. The van der Waals surface area contributed by atoms with Crippen molar-refractivity contribution in [1.29, 1.82) is 0 Å². The van der Waals surface area contributed by atoms with Crippen molar-refractivity contribution in [3.05, 3.63) is 70.6 Å². The number of ketones is 1. The zero-order chi connectivity index (χ0) is 24.3. The summed E-state index contributed by atoms with van der Waals surface area (Å²) >= 11 is 5.90. The highest BCUT2D eigenvalue weighted by molar-refractivity contribution is 7.84. The van der Waals surface area contributed by atoms with Gasteiger partial charge in [-0.2, -0.15) is 13.5 Å². The summed E-state index contributed by atoms with van der Waals surface area (Å²) < 4.78 is 41.8. The van der Waals surface area contributed by atoms with Crippen LogP contribution in [-0.4, -0.2) is 46.6 Å². The van der Waals surface area contributed by atoms with Crippen LogP contribution >= 0.6 is 11.6 Å². The maximum Gasteiger partial charge on any atom is 0.333 e. The lowest BCUT2D eigenvalue weighted by atomic mass is 10.1. The standard InChI is InChI=1S/C21H22ClFN6O4S/c22-15-5-14(6-16(23)8-15)10-29-4-3-19(28-29)20(30)18-9-25-12-26-21(18)27-17-2-1-13(7-17)11-33-34(24,31)32/h3-6,8-9,12-13,17H,1-2,7,10-11H2,(H2,24,31,32)(H,25,26,27). The van der Waals surface area contributed by atoms with E-state index >= 15 is 0 Å². The number of hydrogen-bond donors (Lipinski definition) is 2. The Hall–Kier alpha value is -2.93. The average molecular weight is 509 g/mol. The Labute approximate surface area is 200 Å². The van der Waals surface area contributed by atoms with Crippen LogP contribution in [0.2, 0.25) is 5.02 Å². The molecule has 0 spiro atoms. The van der Waals surface area contributed by atoms with Crippen LogP contribution < -0.4 is 10.5 Å². The second-order valence-electron chi connectivity index (χ2n) is 8.09. The van der Waals surface area contributed by atoms with E-state index in [1.165, 1.54) is 29.3 Å². The first-order chi connectivity index (χ1) is 16.2. The smallest absolute Gasteiger partial charge is 0.333 e. The predicted octanol–water partition coefficient (Wildman–Crippen LogP) is 2.55. The van der Waals surface area contributed by atoms with E-state index in [1.807, 2.05) is 0 Å². The van der Waals surface area contributed by atoms with E-state index in [0.29, 0.717) is 17.8 Å². The predicted molar refractivity (Wildman–Crippen MR) is 122 cm³/mol. The van der Waals surface area contributed by atoms with Gasteiger partial charge in [0.25, 0.3) is 0 Å². The number of benzene rings is 1. The minimum absolute atomic E-state index is 0.0144. The van der Waals surface area contributed by atoms with Gasteiger partial charge in [0.15, 0.2) is 0 Å². The number of anilines is 1. The molecule has 2 unspecified atom stereocenters. The lowest BCUT2D eigenvalue weighted by Gasteiger charge is -2.15. The molecule has 1 aliphatic carbocycles. The normalized spacial score (nSPS) is 18.2. The molecule has 0 aliphatic heterocycles. The minimum atomic E-state index is -3.98. The lowest BCUT2D eigenvalue weighted by molar-refractivity contribution is 0.103. The number of carbonyl (C=O) groups excluding carboxylic acids is 1. The monoisotopic (exact) mass is 508 g/mol. The summed E-state index contributed by atoms with van der Waals surface area (Å²) in [4.78, 5) is 21.3. The SMILES string of the molecule is NS(=O)(=O)OCC1CCC(Nc2ncncc2C(=O)c2ccn(Cc3cc(F)cc(Cl)c3)n2)C1. The van der Waals surface area contributed by atoms with Crippen molar-refractivity contribution >= 4 is 33.5 Å². The highest BCUT2D eigenvalue weighted by Gasteiger charge is 2.28. The van der Waals surface area contributed by atoms with Crippen LogP contribution in [0, 0.1) is 11.7 Å². The van der Waals surface area contributed by atoms with Crippen LogP contribution in [0.1, 0.15) is 40.9 Å². The zero-order valence-electron chi connectivity index (χ0n) is 17.9. The first-order valence-corrected chi connectivity index (χ1v) is 12.3. The molecule has 0 amide bonds. The molecule has 1 fully saturated rings. The van der Waals surface area contributed by atoms with E-state index in [-0.39, 0.29) is 47.2 Å². The number of nitrogens with one attached hydrogen (secondary N) is 1. The zero-order valence-corrected chi connectivity index (χ0v) is 19.5. The number of carbonyl (C=O) groups is 1. The molecular weight excluding hydrogens is 487 g/mol. The molecule has 1 aliphatic rings. The second-order valence-corrected chi connectivity index (χ2v) is 9.75. The number of nitrogens with zero attached hydrogens (tertiary/aromatic N) is 4. The third kappa shape index (κ3) is 6.35. The van der Waals surface area contributed by atoms with Gasteiger partial charge in [-0.3, -0.25) is 13.7 Å². The van der Waals surface area contributed by atoms with Crippen LogP contribution in [0.3, 0.4) is 0 Å². The number of hydrogen-bond acceptors (Lipinski definition) is 8. The van der Waals surface area contributed by atoms with E-state index < -0.39 is 16.1 Å². The molecule has 0 radical (unpaired) electrons. The van der Waals surface area contributed by atoms with Crippen molar-refractivity contribution < 1.29 is 21.8 Å². The van der Waals surface area contributed by atoms with Gasteiger partial charge in [-0.05, 0) is 55.0 Å². The van der Waals surface area contributed by atoms with Gasteiger partial charge in [0.2, 0.25) is 5.78 Å². The Morgan fingerprint density at radius 2 is 2.15 bits per heavy atom. The van der Waals surface area contributed by atoms with Crippen LogP contribution in [-0.2, 0) is 21.0 Å². The van der Waals surface area contributed by atoms with E-state index in [0.717, 1.165) is 12.8 Å². The average Bonchev–Trinajstić information content (AvgIpc) is 3.40. The number of nitrogens with two attached hydrogens (primary N) is 1. The van der Waals surface area contributed by atoms with Crippen molar-refractivity contribution in [2.45, 2.75) is 31.8 Å². The summed E-state index contributed by atoms with van der Waals surface area (Å²) in [6.07, 6.45) is 6.51. The van der Waals surface area contributed by atoms with Gasteiger partial charge in [0.1, 0.15) is 23.7 Å². The Balaban J connectivity index is 1.43. The Morgan fingerprint density at radius 1 is 1.32 bits per heavy atom. The Morgan fingerprint density at radius 3 is 2.91 bits per heavy atom. The molecule has 34 heavy (non-hydrogen) atoms. The van der Waals surface area contributed by atoms with E-state index in [4.69, 9.17) is 20.9 Å². The van der Waals surface area contributed by atoms with E-state index in [2.05, 4.69) is 20.4 Å². The van der Waals surface area contributed by atoms with Gasteiger partial charge in [0, 0.05) is 23.5 Å². The summed E-state index contributed by atoms with van der Waals surface area (Å²) in [5.41, 5.74) is 1.05. The first-order valence-electron chi connectivity index (χ1n) is 10.4.